The molecule has 5 nitrogen and oxygen atoms in total. The number of tetrazole rings is 1. The minimum Gasteiger partial charge on any atom is -0.285 e. The van der Waals surface area contributed by atoms with E-state index in [4.69, 9.17) is 0 Å². The maximum atomic E-state index is 4.47. The highest BCUT2D eigenvalue weighted by atomic mass is 15.6. The van der Waals surface area contributed by atoms with Crippen LogP contribution in [0.15, 0.2) is 48.5 Å². The molecular formula is C22H27N5. The number of aromatic nitrogens is 4. The molecule has 1 aliphatic heterocycles. The lowest BCUT2D eigenvalue weighted by atomic mass is 9.95. The zero-order valence-electron chi connectivity index (χ0n) is 16.6. The number of hydrogen-bond acceptors (Lipinski definition) is 4. The Hall–Kier alpha value is -2.53. The molecule has 5 heteroatoms. The molecule has 0 bridgehead atoms. The average Bonchev–Trinajstić information content (AvgIpc) is 3.13. The van der Waals surface area contributed by atoms with Gasteiger partial charge in [-0.25, -0.2) is 4.68 Å². The zero-order chi connectivity index (χ0) is 19.0. The smallest absolute Gasteiger partial charge is 0.173 e. The molecule has 0 N–H and O–H groups in total. The lowest BCUT2D eigenvalue weighted by molar-refractivity contribution is 0.185. The fourth-order valence-corrected chi connectivity index (χ4v) is 3.85. The molecule has 0 fully saturated rings. The summed E-state index contributed by atoms with van der Waals surface area (Å²) < 4.78 is 1.97. The van der Waals surface area contributed by atoms with E-state index < -0.39 is 0 Å². The summed E-state index contributed by atoms with van der Waals surface area (Å²) in [5.41, 5.74) is 5.18. The van der Waals surface area contributed by atoms with Crippen LogP contribution < -0.4 is 0 Å². The van der Waals surface area contributed by atoms with Crippen molar-refractivity contribution in [1.29, 1.82) is 0 Å². The number of fused-ring (bicyclic) bond motifs is 1. The van der Waals surface area contributed by atoms with E-state index >= 15 is 0 Å². The highest BCUT2D eigenvalue weighted by Gasteiger charge is 2.32. The van der Waals surface area contributed by atoms with Gasteiger partial charge in [-0.05, 0) is 61.2 Å². The molecule has 0 saturated carbocycles. The Morgan fingerprint density at radius 1 is 0.963 bits per heavy atom. The van der Waals surface area contributed by atoms with Crippen LogP contribution in [0.4, 0.5) is 0 Å². The lowest BCUT2D eigenvalue weighted by Crippen LogP contribution is -2.38. The van der Waals surface area contributed by atoms with Gasteiger partial charge in [0.15, 0.2) is 5.82 Å². The normalized spacial score (nSPS) is 16.1. The van der Waals surface area contributed by atoms with E-state index in [0.29, 0.717) is 0 Å². The number of aryl methyl sites for hydroxylation is 1. The molecule has 1 aromatic heterocycles. The Bertz CT molecular complexity index is 920. The first-order valence-corrected chi connectivity index (χ1v) is 9.59. The quantitative estimate of drug-likeness (QED) is 0.710. The minimum atomic E-state index is -0.171. The predicted octanol–water partition coefficient (Wildman–Crippen LogP) is 3.88. The van der Waals surface area contributed by atoms with Gasteiger partial charge >= 0.3 is 0 Å². The Balaban J connectivity index is 1.78. The van der Waals surface area contributed by atoms with Crippen LogP contribution in [0.3, 0.4) is 0 Å². The second-order valence-electron chi connectivity index (χ2n) is 8.42. The zero-order valence-corrected chi connectivity index (χ0v) is 16.6. The van der Waals surface area contributed by atoms with E-state index in [-0.39, 0.29) is 11.6 Å². The molecule has 3 aromatic rings. The standard InChI is InChI=1S/C22H27N5/c1-16-9-11-18(12-10-16)20(21-23-24-25-27(21)22(2,3)4)26-14-13-17-7-5-6-8-19(17)15-26/h5-12,20H,13-15H2,1-4H3. The molecule has 4 rings (SSSR count). The van der Waals surface area contributed by atoms with Crippen molar-refractivity contribution in [3.8, 4) is 0 Å². The van der Waals surface area contributed by atoms with Crippen LogP contribution in [-0.4, -0.2) is 31.7 Å². The predicted molar refractivity (Wildman–Crippen MR) is 106 cm³/mol. The monoisotopic (exact) mass is 361 g/mol. The molecule has 0 spiro atoms. The fraction of sp³-hybridized carbons (Fsp3) is 0.409. The molecule has 0 aliphatic carbocycles. The molecule has 140 valence electrons. The summed E-state index contributed by atoms with van der Waals surface area (Å²) >= 11 is 0. The van der Waals surface area contributed by atoms with Crippen LogP contribution in [0.25, 0.3) is 0 Å². The Labute approximate surface area is 161 Å². The molecule has 2 aromatic carbocycles. The molecule has 0 saturated heterocycles. The number of rotatable bonds is 3. The molecule has 2 heterocycles. The van der Waals surface area contributed by atoms with Gasteiger partial charge in [-0.1, -0.05) is 54.1 Å². The SMILES string of the molecule is Cc1ccc(C(c2nnnn2C(C)(C)C)N2CCc3ccccc3C2)cc1. The molecule has 1 unspecified atom stereocenters. The van der Waals surface area contributed by atoms with Crippen LogP contribution in [0.2, 0.25) is 0 Å². The van der Waals surface area contributed by atoms with Crippen LogP contribution in [0.1, 0.15) is 54.9 Å². The Morgan fingerprint density at radius 3 is 2.37 bits per heavy atom. The van der Waals surface area contributed by atoms with E-state index in [1.807, 2.05) is 4.68 Å². The third-order valence-electron chi connectivity index (χ3n) is 5.29. The Kier molecular flexibility index (Phi) is 4.56. The largest absolute Gasteiger partial charge is 0.285 e. The van der Waals surface area contributed by atoms with E-state index in [0.717, 1.165) is 25.3 Å². The van der Waals surface area contributed by atoms with Crippen LogP contribution in [-0.2, 0) is 18.5 Å². The van der Waals surface area contributed by atoms with Gasteiger partial charge in [0.1, 0.15) is 0 Å². The van der Waals surface area contributed by atoms with Crippen molar-refractivity contribution in [3.05, 3.63) is 76.6 Å². The van der Waals surface area contributed by atoms with E-state index in [9.17, 15) is 0 Å². The van der Waals surface area contributed by atoms with Crippen molar-refractivity contribution in [1.82, 2.24) is 25.1 Å². The summed E-state index contributed by atoms with van der Waals surface area (Å²) in [6.45, 7) is 10.5. The Morgan fingerprint density at radius 2 is 1.67 bits per heavy atom. The van der Waals surface area contributed by atoms with Crippen molar-refractivity contribution in [3.63, 3.8) is 0 Å². The fourth-order valence-electron chi connectivity index (χ4n) is 3.85. The van der Waals surface area contributed by atoms with Gasteiger partial charge in [0.25, 0.3) is 0 Å². The second-order valence-corrected chi connectivity index (χ2v) is 8.42. The molecule has 1 atom stereocenters. The minimum absolute atomic E-state index is 0.0354. The molecule has 27 heavy (non-hydrogen) atoms. The van der Waals surface area contributed by atoms with Gasteiger partial charge < -0.3 is 0 Å². The van der Waals surface area contributed by atoms with Crippen molar-refractivity contribution >= 4 is 0 Å². The van der Waals surface area contributed by atoms with Gasteiger partial charge in [-0.2, -0.15) is 0 Å². The van der Waals surface area contributed by atoms with E-state index in [2.05, 4.69) is 96.7 Å². The van der Waals surface area contributed by atoms with Gasteiger partial charge in [0, 0.05) is 13.1 Å². The lowest BCUT2D eigenvalue weighted by Gasteiger charge is -2.36. The molecule has 1 aliphatic rings. The summed E-state index contributed by atoms with van der Waals surface area (Å²) in [6.07, 6.45) is 1.05. The third kappa shape index (κ3) is 3.52. The first-order valence-electron chi connectivity index (χ1n) is 9.59. The molecule has 0 radical (unpaired) electrons. The average molecular weight is 361 g/mol. The topological polar surface area (TPSA) is 46.8 Å². The highest BCUT2D eigenvalue weighted by molar-refractivity contribution is 5.32. The summed E-state index contributed by atoms with van der Waals surface area (Å²) in [6, 6.07) is 17.5. The molecule has 0 amide bonds. The van der Waals surface area contributed by atoms with E-state index in [1.165, 1.54) is 22.3 Å². The maximum Gasteiger partial charge on any atom is 0.173 e. The number of hydrogen-bond donors (Lipinski definition) is 0. The first-order chi connectivity index (χ1) is 12.9. The van der Waals surface area contributed by atoms with Crippen molar-refractivity contribution in [2.45, 2.75) is 52.2 Å². The summed E-state index contributed by atoms with van der Waals surface area (Å²) in [4.78, 5) is 2.50. The summed E-state index contributed by atoms with van der Waals surface area (Å²) in [7, 11) is 0. The second kappa shape index (κ2) is 6.89. The van der Waals surface area contributed by atoms with Crippen molar-refractivity contribution < 1.29 is 0 Å². The van der Waals surface area contributed by atoms with Gasteiger partial charge in [0.05, 0.1) is 11.6 Å². The van der Waals surface area contributed by atoms with Crippen molar-refractivity contribution in [2.75, 3.05) is 6.54 Å². The van der Waals surface area contributed by atoms with Crippen LogP contribution in [0, 0.1) is 6.92 Å². The molecular weight excluding hydrogens is 334 g/mol. The van der Waals surface area contributed by atoms with Crippen LogP contribution in [0.5, 0.6) is 0 Å². The van der Waals surface area contributed by atoms with Crippen LogP contribution >= 0.6 is 0 Å². The first kappa shape index (κ1) is 17.9. The van der Waals surface area contributed by atoms with Gasteiger partial charge in [-0.3, -0.25) is 4.90 Å². The van der Waals surface area contributed by atoms with Gasteiger partial charge in [0.2, 0.25) is 0 Å². The van der Waals surface area contributed by atoms with Gasteiger partial charge in [-0.15, -0.1) is 5.10 Å². The highest BCUT2D eigenvalue weighted by Crippen LogP contribution is 2.33. The summed E-state index contributed by atoms with van der Waals surface area (Å²) in [5, 5.41) is 12.8. The number of nitrogens with zero attached hydrogens (tertiary/aromatic N) is 5. The maximum absolute atomic E-state index is 4.47. The summed E-state index contributed by atoms with van der Waals surface area (Å²) in [5.74, 6) is 0.908. The van der Waals surface area contributed by atoms with Crippen molar-refractivity contribution in [2.24, 2.45) is 0 Å². The van der Waals surface area contributed by atoms with E-state index in [1.54, 1.807) is 0 Å². The number of benzene rings is 2. The third-order valence-corrected chi connectivity index (χ3v) is 5.29.